The summed E-state index contributed by atoms with van der Waals surface area (Å²) >= 11 is 0. The number of carbonyl (C=O) groups is 5. The lowest BCUT2D eigenvalue weighted by Gasteiger charge is -2.49. The van der Waals surface area contributed by atoms with Crippen molar-refractivity contribution in [3.8, 4) is 0 Å². The maximum atomic E-state index is 12.5. The van der Waals surface area contributed by atoms with Crippen LogP contribution in [0.3, 0.4) is 0 Å². The molecule has 0 saturated carbocycles. The lowest BCUT2D eigenvalue weighted by Crippen LogP contribution is -2.69. The van der Waals surface area contributed by atoms with Gasteiger partial charge in [0.2, 0.25) is 5.91 Å². The van der Waals surface area contributed by atoms with E-state index in [4.69, 9.17) is 47.4 Å². The molecule has 10 atom stereocenters. The van der Waals surface area contributed by atoms with Gasteiger partial charge in [-0.1, -0.05) is 43.3 Å². The van der Waals surface area contributed by atoms with E-state index in [1.165, 1.54) is 19.9 Å². The Morgan fingerprint density at radius 3 is 1.94 bits per heavy atom. The van der Waals surface area contributed by atoms with E-state index in [2.05, 4.69) is 11.9 Å². The SMILES string of the molecule is C=CCOC1C(NC(C)=O)[C@H](OCCC)O[C@@H](COCc2ccccc2)[C@H]1O[C@@H]1OC(COC(C)=O)[C@H](OC(C)=O)C(OC(C)=O)C1OC(C)=O. The minimum Gasteiger partial charge on any atom is -0.463 e. The number of rotatable bonds is 18. The van der Waals surface area contributed by atoms with E-state index in [9.17, 15) is 24.0 Å². The van der Waals surface area contributed by atoms with Crippen molar-refractivity contribution in [3.63, 3.8) is 0 Å². The first-order chi connectivity index (χ1) is 24.3. The van der Waals surface area contributed by atoms with Gasteiger partial charge in [-0.3, -0.25) is 24.0 Å². The molecule has 284 valence electrons. The molecule has 16 heteroatoms. The van der Waals surface area contributed by atoms with Gasteiger partial charge in [0.15, 0.2) is 30.9 Å². The fraction of sp³-hybridized carbons (Fsp3) is 0.629. The monoisotopic (exact) mass is 723 g/mol. The van der Waals surface area contributed by atoms with E-state index in [0.29, 0.717) is 6.42 Å². The number of amides is 1. The molecule has 0 bridgehead atoms. The highest BCUT2D eigenvalue weighted by Gasteiger charge is 2.56. The van der Waals surface area contributed by atoms with Crippen LogP contribution in [0.1, 0.15) is 53.5 Å². The zero-order valence-corrected chi connectivity index (χ0v) is 29.8. The standard InChI is InChI=1S/C35H49NO15/c1-8-15-43-31-28(36-20(3)37)34(44-16-9-2)49-26(18-42-17-25-13-11-10-12-14-25)29(31)51-35-33(48-24(7)41)32(47-23(6)40)30(46-22(5)39)27(50-35)19-45-21(4)38/h8,10-14,26-35H,1,9,15-19H2,2-7H3,(H,36,37)/t26-,27?,28?,29+,30-,31?,32?,33?,34+,35-/m0/s1. The van der Waals surface area contributed by atoms with Crippen molar-refractivity contribution in [2.24, 2.45) is 0 Å². The molecule has 2 aliphatic rings. The zero-order valence-electron chi connectivity index (χ0n) is 29.8. The molecule has 3 rings (SSSR count). The third-order valence-electron chi connectivity index (χ3n) is 7.54. The number of ether oxygens (including phenoxy) is 10. The van der Waals surface area contributed by atoms with Crippen molar-refractivity contribution >= 4 is 29.8 Å². The Balaban J connectivity index is 2.11. The first-order valence-corrected chi connectivity index (χ1v) is 16.7. The second kappa shape index (κ2) is 20.8. The van der Waals surface area contributed by atoms with E-state index in [0.717, 1.165) is 26.3 Å². The Labute approximate surface area is 297 Å². The summed E-state index contributed by atoms with van der Waals surface area (Å²) in [6, 6.07) is 8.47. The molecule has 2 fully saturated rings. The van der Waals surface area contributed by atoms with Crippen LogP contribution in [-0.2, 0) is 77.9 Å². The average Bonchev–Trinajstić information content (AvgIpc) is 3.06. The molecular formula is C35H49NO15. The molecule has 0 spiro atoms. The predicted molar refractivity (Wildman–Crippen MR) is 175 cm³/mol. The average molecular weight is 724 g/mol. The van der Waals surface area contributed by atoms with Gasteiger partial charge in [-0.2, -0.15) is 0 Å². The number of carbonyl (C=O) groups excluding carboxylic acids is 5. The molecule has 2 heterocycles. The fourth-order valence-corrected chi connectivity index (χ4v) is 5.66. The van der Waals surface area contributed by atoms with Gasteiger partial charge in [-0.05, 0) is 12.0 Å². The van der Waals surface area contributed by atoms with Crippen molar-refractivity contribution in [1.29, 1.82) is 0 Å². The summed E-state index contributed by atoms with van der Waals surface area (Å²) in [5.74, 6) is -3.47. The summed E-state index contributed by atoms with van der Waals surface area (Å²) < 4.78 is 59.4. The van der Waals surface area contributed by atoms with Crippen LogP contribution in [0.15, 0.2) is 43.0 Å². The molecule has 0 aromatic heterocycles. The van der Waals surface area contributed by atoms with Crippen molar-refractivity contribution in [2.75, 3.05) is 26.4 Å². The summed E-state index contributed by atoms with van der Waals surface area (Å²) in [4.78, 5) is 61.4. The molecule has 0 radical (unpaired) electrons. The Kier molecular flexibility index (Phi) is 16.9. The molecule has 16 nitrogen and oxygen atoms in total. The lowest BCUT2D eigenvalue weighted by atomic mass is 9.94. The third-order valence-corrected chi connectivity index (χ3v) is 7.54. The van der Waals surface area contributed by atoms with Crippen LogP contribution in [-0.4, -0.2) is 118 Å². The van der Waals surface area contributed by atoms with Crippen LogP contribution in [0, 0.1) is 0 Å². The maximum absolute atomic E-state index is 12.5. The van der Waals surface area contributed by atoms with E-state index in [1.54, 1.807) is 0 Å². The highest BCUT2D eigenvalue weighted by Crippen LogP contribution is 2.35. The van der Waals surface area contributed by atoms with Crippen LogP contribution >= 0.6 is 0 Å². The second-order valence-electron chi connectivity index (χ2n) is 11.9. The van der Waals surface area contributed by atoms with E-state index < -0.39 is 97.7 Å². The van der Waals surface area contributed by atoms with Gasteiger partial charge in [-0.25, -0.2) is 0 Å². The molecule has 51 heavy (non-hydrogen) atoms. The van der Waals surface area contributed by atoms with Crippen LogP contribution in [0.4, 0.5) is 0 Å². The minimum absolute atomic E-state index is 0.0112. The minimum atomic E-state index is -1.57. The molecule has 1 aromatic rings. The van der Waals surface area contributed by atoms with Crippen molar-refractivity contribution in [2.45, 2.75) is 116 Å². The quantitative estimate of drug-likeness (QED) is 0.131. The number of hydrogen-bond donors (Lipinski definition) is 1. The van der Waals surface area contributed by atoms with Gasteiger partial charge in [-0.15, -0.1) is 6.58 Å². The molecule has 1 N–H and O–H groups in total. The topological polar surface area (TPSA) is 190 Å². The maximum Gasteiger partial charge on any atom is 0.303 e. The largest absolute Gasteiger partial charge is 0.463 e. The Morgan fingerprint density at radius 2 is 1.35 bits per heavy atom. The Hall–Kier alpha value is -3.93. The van der Waals surface area contributed by atoms with E-state index >= 15 is 0 Å². The van der Waals surface area contributed by atoms with Crippen LogP contribution in [0.25, 0.3) is 0 Å². The number of esters is 4. The molecule has 0 aliphatic carbocycles. The second-order valence-corrected chi connectivity index (χ2v) is 11.9. The molecule has 2 saturated heterocycles. The van der Waals surface area contributed by atoms with Crippen molar-refractivity contribution in [1.82, 2.24) is 5.32 Å². The summed E-state index contributed by atoms with van der Waals surface area (Å²) in [5, 5.41) is 2.84. The summed E-state index contributed by atoms with van der Waals surface area (Å²) in [5.41, 5.74) is 0.889. The van der Waals surface area contributed by atoms with Crippen molar-refractivity contribution < 1.29 is 71.3 Å². The Bertz CT molecular complexity index is 1310. The van der Waals surface area contributed by atoms with Gasteiger partial charge < -0.3 is 52.7 Å². The lowest BCUT2D eigenvalue weighted by molar-refractivity contribution is -0.353. The fourth-order valence-electron chi connectivity index (χ4n) is 5.66. The number of benzene rings is 1. The van der Waals surface area contributed by atoms with Gasteiger partial charge >= 0.3 is 23.9 Å². The van der Waals surface area contributed by atoms with E-state index in [1.807, 2.05) is 37.3 Å². The highest BCUT2D eigenvalue weighted by molar-refractivity contribution is 5.73. The molecular weight excluding hydrogens is 674 g/mol. The van der Waals surface area contributed by atoms with Crippen LogP contribution in [0.2, 0.25) is 0 Å². The third kappa shape index (κ3) is 13.0. The summed E-state index contributed by atoms with van der Waals surface area (Å²) in [6.07, 6.45) is -9.22. The van der Waals surface area contributed by atoms with Gasteiger partial charge in [0, 0.05) is 41.2 Å². The first kappa shape index (κ1) is 41.5. The number of nitrogens with one attached hydrogen (secondary N) is 1. The Morgan fingerprint density at radius 1 is 0.745 bits per heavy atom. The van der Waals surface area contributed by atoms with Gasteiger partial charge in [0.05, 0.1) is 19.8 Å². The molecule has 1 amide bonds. The summed E-state index contributed by atoms with van der Waals surface area (Å²) in [6.45, 7) is 11.5. The summed E-state index contributed by atoms with van der Waals surface area (Å²) in [7, 11) is 0. The van der Waals surface area contributed by atoms with Crippen LogP contribution in [0.5, 0.6) is 0 Å². The number of hydrogen-bond acceptors (Lipinski definition) is 15. The molecule has 2 aliphatic heterocycles. The molecule has 1 aromatic carbocycles. The van der Waals surface area contributed by atoms with Crippen molar-refractivity contribution in [3.05, 3.63) is 48.6 Å². The van der Waals surface area contributed by atoms with Gasteiger partial charge in [0.25, 0.3) is 0 Å². The first-order valence-electron chi connectivity index (χ1n) is 16.7. The normalized spacial score (nSPS) is 28.9. The zero-order chi connectivity index (χ0) is 37.5. The van der Waals surface area contributed by atoms with Crippen LogP contribution < -0.4 is 5.32 Å². The smallest absolute Gasteiger partial charge is 0.303 e. The molecule has 5 unspecified atom stereocenters. The van der Waals surface area contributed by atoms with E-state index in [-0.39, 0.29) is 26.4 Å². The highest BCUT2D eigenvalue weighted by atomic mass is 16.8. The predicted octanol–water partition coefficient (Wildman–Crippen LogP) is 1.90. The van der Waals surface area contributed by atoms with Gasteiger partial charge in [0.1, 0.15) is 37.1 Å².